The number of benzene rings is 1. The fourth-order valence-electron chi connectivity index (χ4n) is 2.86. The average Bonchev–Trinajstić information content (AvgIpc) is 2.95. The van der Waals surface area contributed by atoms with Crippen LogP contribution in [0.4, 0.5) is 0 Å². The molecule has 3 rings (SSSR count). The molecule has 0 amide bonds. The minimum Gasteiger partial charge on any atom is -0.373 e. The monoisotopic (exact) mass is 278 g/mol. The molecule has 0 N–H and O–H groups in total. The van der Waals surface area contributed by atoms with Gasteiger partial charge in [0.05, 0.1) is 29.1 Å². The second-order valence-corrected chi connectivity index (χ2v) is 5.91. The summed E-state index contributed by atoms with van der Waals surface area (Å²) in [4.78, 5) is 4.62. The number of imidazole rings is 1. The van der Waals surface area contributed by atoms with Crippen LogP contribution in [-0.2, 0) is 17.2 Å². The zero-order valence-corrected chi connectivity index (χ0v) is 12.2. The summed E-state index contributed by atoms with van der Waals surface area (Å²) < 4.78 is 8.12. The Kier molecular flexibility index (Phi) is 3.27. The molecule has 1 atom stereocenters. The first-order valence-electron chi connectivity index (χ1n) is 6.77. The van der Waals surface area contributed by atoms with E-state index in [0.717, 1.165) is 42.9 Å². The largest absolute Gasteiger partial charge is 0.373 e. The topological polar surface area (TPSA) is 27.1 Å². The molecule has 1 aliphatic heterocycles. The van der Waals surface area contributed by atoms with Gasteiger partial charge in [-0.3, -0.25) is 0 Å². The minimum atomic E-state index is -0.0851. The minimum absolute atomic E-state index is 0.0851. The zero-order valence-electron chi connectivity index (χ0n) is 11.4. The van der Waals surface area contributed by atoms with Crippen LogP contribution in [0.15, 0.2) is 18.2 Å². The molecule has 1 aromatic carbocycles. The molecule has 4 heteroatoms. The van der Waals surface area contributed by atoms with Crippen molar-refractivity contribution in [1.29, 1.82) is 0 Å². The Labute approximate surface area is 118 Å². The highest BCUT2D eigenvalue weighted by Crippen LogP contribution is 2.29. The van der Waals surface area contributed by atoms with Gasteiger partial charge in [-0.1, -0.05) is 6.07 Å². The van der Waals surface area contributed by atoms with Crippen LogP contribution in [0.3, 0.4) is 0 Å². The second kappa shape index (κ2) is 4.80. The van der Waals surface area contributed by atoms with Gasteiger partial charge < -0.3 is 9.30 Å². The van der Waals surface area contributed by atoms with Crippen LogP contribution < -0.4 is 0 Å². The lowest BCUT2D eigenvalue weighted by Gasteiger charge is -2.25. The molecule has 102 valence electrons. The Morgan fingerprint density at radius 2 is 2.32 bits per heavy atom. The van der Waals surface area contributed by atoms with Crippen molar-refractivity contribution in [3.8, 4) is 0 Å². The van der Waals surface area contributed by atoms with Crippen molar-refractivity contribution in [2.75, 3.05) is 6.61 Å². The molecule has 0 saturated carbocycles. The predicted octanol–water partition coefficient (Wildman–Crippen LogP) is 3.65. The van der Waals surface area contributed by atoms with Gasteiger partial charge >= 0.3 is 0 Å². The van der Waals surface area contributed by atoms with Crippen molar-refractivity contribution in [2.45, 2.75) is 44.7 Å². The number of nitrogens with zero attached hydrogens (tertiary/aromatic N) is 2. The maximum absolute atomic E-state index is 6.05. The lowest BCUT2D eigenvalue weighted by molar-refractivity contribution is 0.00661. The first-order chi connectivity index (χ1) is 9.11. The number of halogens is 1. The van der Waals surface area contributed by atoms with Crippen LogP contribution in [-0.4, -0.2) is 21.8 Å². The molecule has 0 bridgehead atoms. The van der Waals surface area contributed by atoms with Crippen molar-refractivity contribution in [1.82, 2.24) is 9.55 Å². The van der Waals surface area contributed by atoms with Gasteiger partial charge in [-0.2, -0.15) is 0 Å². The van der Waals surface area contributed by atoms with Crippen LogP contribution in [0.2, 0.25) is 0 Å². The number of ether oxygens (including phenoxy) is 1. The summed E-state index contributed by atoms with van der Waals surface area (Å²) in [5.41, 5.74) is 3.33. The second-order valence-electron chi connectivity index (χ2n) is 5.64. The van der Waals surface area contributed by atoms with E-state index in [0.29, 0.717) is 5.88 Å². The van der Waals surface area contributed by atoms with E-state index < -0.39 is 0 Å². The van der Waals surface area contributed by atoms with E-state index in [2.05, 4.69) is 41.6 Å². The van der Waals surface area contributed by atoms with E-state index in [1.165, 1.54) is 5.56 Å². The summed E-state index contributed by atoms with van der Waals surface area (Å²) >= 11 is 6.05. The SMILES string of the molecule is Cc1ccc2nc(CCl)n(CC3(C)CCCO3)c2c1. The van der Waals surface area contributed by atoms with Crippen molar-refractivity contribution >= 4 is 22.6 Å². The number of alkyl halides is 1. The Hall–Kier alpha value is -1.06. The standard InChI is InChI=1S/C15H19ClN2O/c1-11-4-5-12-13(8-11)18(14(9-16)17-12)10-15(2)6-3-7-19-15/h4-5,8H,3,6-7,9-10H2,1-2H3. The van der Waals surface area contributed by atoms with E-state index in [-0.39, 0.29) is 5.60 Å². The van der Waals surface area contributed by atoms with Gasteiger partial charge in [-0.25, -0.2) is 4.98 Å². The highest BCUT2D eigenvalue weighted by molar-refractivity contribution is 6.16. The quantitative estimate of drug-likeness (QED) is 0.802. The van der Waals surface area contributed by atoms with E-state index in [4.69, 9.17) is 16.3 Å². The van der Waals surface area contributed by atoms with Gasteiger partial charge in [0.2, 0.25) is 0 Å². The Balaban J connectivity index is 2.07. The molecule has 19 heavy (non-hydrogen) atoms. The molecule has 1 fully saturated rings. The van der Waals surface area contributed by atoms with Crippen molar-refractivity contribution in [2.24, 2.45) is 0 Å². The van der Waals surface area contributed by atoms with Crippen LogP contribution in [0.1, 0.15) is 31.2 Å². The molecule has 3 nitrogen and oxygen atoms in total. The maximum Gasteiger partial charge on any atom is 0.124 e. The number of hydrogen-bond acceptors (Lipinski definition) is 2. The highest BCUT2D eigenvalue weighted by Gasteiger charge is 2.31. The van der Waals surface area contributed by atoms with Gasteiger partial charge in [-0.05, 0) is 44.4 Å². The Morgan fingerprint density at radius 3 is 3.00 bits per heavy atom. The summed E-state index contributed by atoms with van der Waals surface area (Å²) in [6, 6.07) is 6.33. The molecule has 1 aliphatic rings. The highest BCUT2D eigenvalue weighted by atomic mass is 35.5. The van der Waals surface area contributed by atoms with Crippen LogP contribution in [0.25, 0.3) is 11.0 Å². The molecule has 1 aromatic heterocycles. The molecular weight excluding hydrogens is 260 g/mol. The third-order valence-electron chi connectivity index (χ3n) is 3.90. The zero-order chi connectivity index (χ0) is 13.5. The normalized spacial score (nSPS) is 23.3. The fraction of sp³-hybridized carbons (Fsp3) is 0.533. The number of aromatic nitrogens is 2. The number of hydrogen-bond donors (Lipinski definition) is 0. The molecule has 0 radical (unpaired) electrons. The lowest BCUT2D eigenvalue weighted by Crippen LogP contribution is -2.30. The van der Waals surface area contributed by atoms with Crippen molar-refractivity contribution < 1.29 is 4.74 Å². The maximum atomic E-state index is 6.05. The lowest BCUT2D eigenvalue weighted by atomic mass is 10.0. The Morgan fingerprint density at radius 1 is 1.47 bits per heavy atom. The van der Waals surface area contributed by atoms with Gasteiger partial charge in [-0.15, -0.1) is 11.6 Å². The van der Waals surface area contributed by atoms with Gasteiger partial charge in [0.1, 0.15) is 5.82 Å². The van der Waals surface area contributed by atoms with E-state index >= 15 is 0 Å². The van der Waals surface area contributed by atoms with Gasteiger partial charge in [0.15, 0.2) is 0 Å². The van der Waals surface area contributed by atoms with Gasteiger partial charge in [0, 0.05) is 6.61 Å². The van der Waals surface area contributed by atoms with E-state index in [1.54, 1.807) is 0 Å². The van der Waals surface area contributed by atoms with Crippen molar-refractivity contribution in [3.63, 3.8) is 0 Å². The first-order valence-corrected chi connectivity index (χ1v) is 7.30. The molecule has 2 heterocycles. The molecule has 1 saturated heterocycles. The van der Waals surface area contributed by atoms with E-state index in [1.807, 2.05) is 0 Å². The smallest absolute Gasteiger partial charge is 0.124 e. The number of aryl methyl sites for hydroxylation is 1. The average molecular weight is 279 g/mol. The molecule has 0 aliphatic carbocycles. The summed E-state index contributed by atoms with van der Waals surface area (Å²) in [7, 11) is 0. The summed E-state index contributed by atoms with van der Waals surface area (Å²) in [5, 5.41) is 0. The molecule has 1 unspecified atom stereocenters. The first kappa shape index (κ1) is 12.9. The third-order valence-corrected chi connectivity index (χ3v) is 4.13. The van der Waals surface area contributed by atoms with Crippen LogP contribution in [0.5, 0.6) is 0 Å². The third kappa shape index (κ3) is 2.37. The summed E-state index contributed by atoms with van der Waals surface area (Å²) in [5.74, 6) is 1.36. The summed E-state index contributed by atoms with van der Waals surface area (Å²) in [6.45, 7) is 5.97. The number of fused-ring (bicyclic) bond motifs is 1. The van der Waals surface area contributed by atoms with Crippen LogP contribution in [0, 0.1) is 6.92 Å². The Bertz CT molecular complexity index is 599. The number of rotatable bonds is 3. The fourth-order valence-corrected chi connectivity index (χ4v) is 3.06. The van der Waals surface area contributed by atoms with Crippen LogP contribution >= 0.6 is 11.6 Å². The summed E-state index contributed by atoms with van der Waals surface area (Å²) in [6.07, 6.45) is 2.23. The van der Waals surface area contributed by atoms with Crippen molar-refractivity contribution in [3.05, 3.63) is 29.6 Å². The molecule has 0 spiro atoms. The molecular formula is C15H19ClN2O. The van der Waals surface area contributed by atoms with E-state index in [9.17, 15) is 0 Å². The predicted molar refractivity (Wildman–Crippen MR) is 77.6 cm³/mol. The molecule has 2 aromatic rings. The van der Waals surface area contributed by atoms with Gasteiger partial charge in [0.25, 0.3) is 0 Å².